The quantitative estimate of drug-likeness (QED) is 0.924. The summed E-state index contributed by atoms with van der Waals surface area (Å²) in [6.07, 6.45) is 5.74. The fourth-order valence-corrected chi connectivity index (χ4v) is 3.69. The molecule has 1 fully saturated rings. The van der Waals surface area contributed by atoms with Crippen LogP contribution in [0.2, 0.25) is 0 Å². The van der Waals surface area contributed by atoms with Gasteiger partial charge in [0.2, 0.25) is 0 Å². The Hall–Kier alpha value is -1.79. The predicted octanol–water partition coefficient (Wildman–Crippen LogP) is 3.87. The number of benzene rings is 1. The minimum absolute atomic E-state index is 0.643. The van der Waals surface area contributed by atoms with E-state index in [1.54, 1.807) is 0 Å². The van der Waals surface area contributed by atoms with Gasteiger partial charge in [-0.25, -0.2) is 0 Å². The maximum atomic E-state index is 9.21. The third kappa shape index (κ3) is 2.69. The van der Waals surface area contributed by atoms with Gasteiger partial charge in [0, 0.05) is 23.6 Å². The Morgan fingerprint density at radius 1 is 1.38 bits per heavy atom. The van der Waals surface area contributed by atoms with E-state index in [0.29, 0.717) is 5.92 Å². The second-order valence-corrected chi connectivity index (χ2v) is 6.27. The van der Waals surface area contributed by atoms with Crippen molar-refractivity contribution < 1.29 is 0 Å². The summed E-state index contributed by atoms with van der Waals surface area (Å²) in [7, 11) is 2.21. The fourth-order valence-electron chi connectivity index (χ4n) is 3.69. The third-order valence-electron chi connectivity index (χ3n) is 5.00. The van der Waals surface area contributed by atoms with Gasteiger partial charge in [-0.05, 0) is 56.0 Å². The van der Waals surface area contributed by atoms with Crippen molar-refractivity contribution >= 4 is 10.9 Å². The first-order chi connectivity index (χ1) is 10.2. The van der Waals surface area contributed by atoms with Gasteiger partial charge < -0.3 is 9.88 Å². The SMILES string of the molecule is CCN(C)C[C@H]1CCC[C@@H]1c1ccc2[nH]cc(C#N)c2c1. The molecule has 1 aromatic heterocycles. The minimum Gasteiger partial charge on any atom is -0.360 e. The average Bonchev–Trinajstić information content (AvgIpc) is 3.12. The van der Waals surface area contributed by atoms with Gasteiger partial charge in [-0.3, -0.25) is 0 Å². The van der Waals surface area contributed by atoms with E-state index in [9.17, 15) is 5.26 Å². The predicted molar refractivity (Wildman–Crippen MR) is 86.3 cm³/mol. The maximum Gasteiger partial charge on any atom is 0.101 e. The highest BCUT2D eigenvalue weighted by molar-refractivity contribution is 5.86. The van der Waals surface area contributed by atoms with Crippen LogP contribution in [0.3, 0.4) is 0 Å². The smallest absolute Gasteiger partial charge is 0.101 e. The molecule has 1 N–H and O–H groups in total. The lowest BCUT2D eigenvalue weighted by molar-refractivity contribution is 0.276. The molecule has 110 valence electrons. The van der Waals surface area contributed by atoms with E-state index >= 15 is 0 Å². The lowest BCUT2D eigenvalue weighted by Gasteiger charge is -2.25. The van der Waals surface area contributed by atoms with Gasteiger partial charge in [0.1, 0.15) is 6.07 Å². The van der Waals surface area contributed by atoms with Gasteiger partial charge in [-0.15, -0.1) is 0 Å². The molecule has 0 radical (unpaired) electrons. The molecular formula is C18H23N3. The molecule has 2 atom stereocenters. The van der Waals surface area contributed by atoms with E-state index in [-0.39, 0.29) is 0 Å². The number of H-pyrrole nitrogens is 1. The van der Waals surface area contributed by atoms with E-state index in [1.807, 2.05) is 6.20 Å². The van der Waals surface area contributed by atoms with Crippen LogP contribution in [0.15, 0.2) is 24.4 Å². The second kappa shape index (κ2) is 5.91. The van der Waals surface area contributed by atoms with Crippen molar-refractivity contribution in [2.45, 2.75) is 32.1 Å². The Morgan fingerprint density at radius 3 is 3.00 bits per heavy atom. The first-order valence-electron chi connectivity index (χ1n) is 7.92. The zero-order valence-corrected chi connectivity index (χ0v) is 12.9. The number of aromatic nitrogens is 1. The van der Waals surface area contributed by atoms with Crippen molar-refractivity contribution in [1.29, 1.82) is 5.26 Å². The molecule has 3 nitrogen and oxygen atoms in total. The number of nitrogens with one attached hydrogen (secondary N) is 1. The van der Waals surface area contributed by atoms with Crippen molar-refractivity contribution in [3.05, 3.63) is 35.5 Å². The normalized spacial score (nSPS) is 22.0. The molecule has 1 heterocycles. The van der Waals surface area contributed by atoms with Crippen molar-refractivity contribution in [3.8, 4) is 6.07 Å². The highest BCUT2D eigenvalue weighted by atomic mass is 15.1. The average molecular weight is 281 g/mol. The molecule has 0 bridgehead atoms. The molecule has 0 unspecified atom stereocenters. The molecule has 1 saturated carbocycles. The van der Waals surface area contributed by atoms with Crippen molar-refractivity contribution in [2.24, 2.45) is 5.92 Å². The number of hydrogen-bond acceptors (Lipinski definition) is 2. The van der Waals surface area contributed by atoms with Crippen LogP contribution in [0.5, 0.6) is 0 Å². The van der Waals surface area contributed by atoms with Gasteiger partial charge in [0.05, 0.1) is 5.56 Å². The number of nitrogens with zero attached hydrogens (tertiary/aromatic N) is 2. The van der Waals surface area contributed by atoms with Crippen LogP contribution in [0.4, 0.5) is 0 Å². The summed E-state index contributed by atoms with van der Waals surface area (Å²) in [5.41, 5.74) is 3.23. The highest BCUT2D eigenvalue weighted by Crippen LogP contribution is 2.40. The fraction of sp³-hybridized carbons (Fsp3) is 0.500. The summed E-state index contributed by atoms with van der Waals surface area (Å²) in [6.45, 7) is 4.51. The van der Waals surface area contributed by atoms with E-state index in [2.05, 4.69) is 48.1 Å². The Balaban J connectivity index is 1.90. The topological polar surface area (TPSA) is 42.8 Å². The van der Waals surface area contributed by atoms with Crippen LogP contribution in [-0.4, -0.2) is 30.0 Å². The van der Waals surface area contributed by atoms with Crippen molar-refractivity contribution in [2.75, 3.05) is 20.1 Å². The van der Waals surface area contributed by atoms with Crippen molar-refractivity contribution in [1.82, 2.24) is 9.88 Å². The standard InChI is InChI=1S/C18H23N3/c1-3-21(2)12-14-5-4-6-16(14)13-7-8-18-17(9-13)15(10-19)11-20-18/h7-9,11,14,16,20H,3-6,12H2,1-2H3/t14-,16-/m1/s1. The number of nitriles is 1. The lowest BCUT2D eigenvalue weighted by Crippen LogP contribution is -2.26. The molecule has 21 heavy (non-hydrogen) atoms. The minimum atomic E-state index is 0.643. The molecule has 0 amide bonds. The van der Waals surface area contributed by atoms with Crippen LogP contribution in [0.25, 0.3) is 10.9 Å². The Morgan fingerprint density at radius 2 is 2.24 bits per heavy atom. The summed E-state index contributed by atoms with van der Waals surface area (Å²) in [5.74, 6) is 1.39. The number of hydrogen-bond donors (Lipinski definition) is 1. The van der Waals surface area contributed by atoms with Gasteiger partial charge >= 0.3 is 0 Å². The molecule has 1 aliphatic rings. The molecule has 2 aromatic rings. The monoisotopic (exact) mass is 281 g/mol. The number of rotatable bonds is 4. The summed E-state index contributed by atoms with van der Waals surface area (Å²) < 4.78 is 0. The first kappa shape index (κ1) is 14.2. The Labute approximate surface area is 126 Å². The zero-order valence-electron chi connectivity index (χ0n) is 12.9. The van der Waals surface area contributed by atoms with Crippen LogP contribution in [0, 0.1) is 17.2 Å². The summed E-state index contributed by atoms with van der Waals surface area (Å²) in [5, 5.41) is 10.3. The van der Waals surface area contributed by atoms with Gasteiger partial charge in [0.15, 0.2) is 0 Å². The van der Waals surface area contributed by atoms with Crippen LogP contribution < -0.4 is 0 Å². The van der Waals surface area contributed by atoms with Gasteiger partial charge in [-0.1, -0.05) is 19.4 Å². The molecule has 0 spiro atoms. The lowest BCUT2D eigenvalue weighted by atomic mass is 9.87. The van der Waals surface area contributed by atoms with E-state index in [0.717, 1.165) is 28.9 Å². The highest BCUT2D eigenvalue weighted by Gasteiger charge is 2.29. The Kier molecular flexibility index (Phi) is 3.98. The van der Waals surface area contributed by atoms with Crippen LogP contribution >= 0.6 is 0 Å². The number of fused-ring (bicyclic) bond motifs is 1. The van der Waals surface area contributed by atoms with E-state index in [4.69, 9.17) is 0 Å². The number of aromatic amines is 1. The molecule has 3 heteroatoms. The molecule has 0 saturated heterocycles. The molecule has 1 aromatic carbocycles. The molecular weight excluding hydrogens is 258 g/mol. The largest absolute Gasteiger partial charge is 0.360 e. The maximum absolute atomic E-state index is 9.21. The molecule has 3 rings (SSSR count). The summed E-state index contributed by atoms with van der Waals surface area (Å²) in [4.78, 5) is 5.59. The summed E-state index contributed by atoms with van der Waals surface area (Å²) in [6, 6.07) is 8.89. The Bertz CT molecular complexity index is 665. The molecule has 1 aliphatic carbocycles. The van der Waals surface area contributed by atoms with E-state index < -0.39 is 0 Å². The van der Waals surface area contributed by atoms with Crippen molar-refractivity contribution in [3.63, 3.8) is 0 Å². The van der Waals surface area contributed by atoms with Crippen LogP contribution in [0.1, 0.15) is 43.2 Å². The van der Waals surface area contributed by atoms with Gasteiger partial charge in [0.25, 0.3) is 0 Å². The zero-order chi connectivity index (χ0) is 14.8. The summed E-state index contributed by atoms with van der Waals surface area (Å²) >= 11 is 0. The third-order valence-corrected chi connectivity index (χ3v) is 5.00. The molecule has 0 aliphatic heterocycles. The first-order valence-corrected chi connectivity index (χ1v) is 7.92. The second-order valence-electron chi connectivity index (χ2n) is 6.27. The van der Waals surface area contributed by atoms with Crippen LogP contribution in [-0.2, 0) is 0 Å². The van der Waals surface area contributed by atoms with E-state index in [1.165, 1.54) is 31.4 Å². The van der Waals surface area contributed by atoms with Gasteiger partial charge in [-0.2, -0.15) is 5.26 Å².